The number of ether oxygens (including phenoxy) is 1. The van der Waals surface area contributed by atoms with Crippen LogP contribution in [0.5, 0.6) is 0 Å². The number of guanidine groups is 1. The summed E-state index contributed by atoms with van der Waals surface area (Å²) < 4.78 is 5.26. The van der Waals surface area contributed by atoms with Crippen LogP contribution in [0.25, 0.3) is 0 Å². The van der Waals surface area contributed by atoms with E-state index in [4.69, 9.17) is 10.5 Å². The molecule has 0 radical (unpaired) electrons. The Labute approximate surface area is 95.7 Å². The summed E-state index contributed by atoms with van der Waals surface area (Å²) in [5, 5.41) is 0. The molecule has 2 N–H and O–H groups in total. The number of benzene rings is 1. The van der Waals surface area contributed by atoms with Crippen LogP contribution >= 0.6 is 0 Å². The normalized spacial score (nSPS) is 24.6. The fourth-order valence-electron chi connectivity index (χ4n) is 2.11. The van der Waals surface area contributed by atoms with Gasteiger partial charge in [-0.1, -0.05) is 18.2 Å². The molecule has 0 fully saturated rings. The predicted molar refractivity (Wildman–Crippen MR) is 65.7 cm³/mol. The SMILES string of the molecule is COCC1(C)CN=C(N)N1c1ccccc1. The number of hydrogen-bond acceptors (Lipinski definition) is 4. The number of hydrogen-bond donors (Lipinski definition) is 1. The van der Waals surface area contributed by atoms with Crippen molar-refractivity contribution in [2.45, 2.75) is 12.5 Å². The highest BCUT2D eigenvalue weighted by molar-refractivity contribution is 5.98. The zero-order chi connectivity index (χ0) is 11.6. The van der Waals surface area contributed by atoms with Gasteiger partial charge in [-0.05, 0) is 19.1 Å². The van der Waals surface area contributed by atoms with Gasteiger partial charge in [0.05, 0.1) is 18.7 Å². The Bertz CT molecular complexity index is 391. The third kappa shape index (κ3) is 1.76. The second kappa shape index (κ2) is 4.14. The first-order valence-corrected chi connectivity index (χ1v) is 5.31. The molecule has 1 heterocycles. The molecule has 1 atom stereocenters. The Kier molecular flexibility index (Phi) is 2.83. The summed E-state index contributed by atoms with van der Waals surface area (Å²) in [5.74, 6) is 0.561. The first-order chi connectivity index (χ1) is 7.67. The summed E-state index contributed by atoms with van der Waals surface area (Å²) >= 11 is 0. The van der Waals surface area contributed by atoms with Crippen LogP contribution in [0.1, 0.15) is 6.92 Å². The maximum atomic E-state index is 5.94. The first kappa shape index (κ1) is 11.0. The van der Waals surface area contributed by atoms with Gasteiger partial charge in [-0.3, -0.25) is 4.99 Å². The number of aliphatic imine (C=N–C) groups is 1. The highest BCUT2D eigenvalue weighted by Gasteiger charge is 2.38. The van der Waals surface area contributed by atoms with E-state index in [-0.39, 0.29) is 5.54 Å². The summed E-state index contributed by atoms with van der Waals surface area (Å²) in [7, 11) is 1.70. The molecule has 1 aromatic carbocycles. The van der Waals surface area contributed by atoms with E-state index in [1.54, 1.807) is 7.11 Å². The molecule has 1 aliphatic rings. The largest absolute Gasteiger partial charge is 0.382 e. The maximum absolute atomic E-state index is 5.94. The smallest absolute Gasteiger partial charge is 0.196 e. The lowest BCUT2D eigenvalue weighted by atomic mass is 10.0. The lowest BCUT2D eigenvalue weighted by molar-refractivity contribution is 0.149. The molecular weight excluding hydrogens is 202 g/mol. The zero-order valence-corrected chi connectivity index (χ0v) is 9.68. The van der Waals surface area contributed by atoms with Gasteiger partial charge in [0, 0.05) is 12.8 Å². The summed E-state index contributed by atoms with van der Waals surface area (Å²) in [5.41, 5.74) is 6.81. The number of methoxy groups -OCH3 is 1. The second-order valence-corrected chi connectivity index (χ2v) is 4.28. The second-order valence-electron chi connectivity index (χ2n) is 4.28. The number of anilines is 1. The minimum absolute atomic E-state index is 0.180. The van der Waals surface area contributed by atoms with Gasteiger partial charge >= 0.3 is 0 Å². The topological polar surface area (TPSA) is 50.9 Å². The number of rotatable bonds is 3. The molecule has 0 aromatic heterocycles. The Hall–Kier alpha value is -1.55. The molecule has 1 aromatic rings. The lowest BCUT2D eigenvalue weighted by Crippen LogP contribution is -2.52. The van der Waals surface area contributed by atoms with Crippen molar-refractivity contribution in [1.29, 1.82) is 0 Å². The van der Waals surface area contributed by atoms with Gasteiger partial charge in [0.1, 0.15) is 0 Å². The van der Waals surface area contributed by atoms with Gasteiger partial charge < -0.3 is 15.4 Å². The first-order valence-electron chi connectivity index (χ1n) is 5.31. The zero-order valence-electron chi connectivity index (χ0n) is 9.68. The Morgan fingerprint density at radius 2 is 2.12 bits per heavy atom. The van der Waals surface area contributed by atoms with Crippen LogP contribution in [0, 0.1) is 0 Å². The molecule has 0 spiro atoms. The van der Waals surface area contributed by atoms with E-state index in [0.717, 1.165) is 5.69 Å². The van der Waals surface area contributed by atoms with Crippen LogP contribution in [0.15, 0.2) is 35.3 Å². The molecular formula is C12H17N3O. The predicted octanol–water partition coefficient (Wildman–Crippen LogP) is 1.23. The molecule has 16 heavy (non-hydrogen) atoms. The minimum Gasteiger partial charge on any atom is -0.382 e. The Morgan fingerprint density at radius 3 is 2.75 bits per heavy atom. The van der Waals surface area contributed by atoms with Crippen molar-refractivity contribution < 1.29 is 4.74 Å². The lowest BCUT2D eigenvalue weighted by Gasteiger charge is -2.35. The van der Waals surface area contributed by atoms with Gasteiger partial charge in [-0.25, -0.2) is 0 Å². The van der Waals surface area contributed by atoms with Crippen molar-refractivity contribution in [2.24, 2.45) is 10.7 Å². The molecule has 0 saturated heterocycles. The number of nitrogens with zero attached hydrogens (tertiary/aromatic N) is 2. The van der Waals surface area contributed by atoms with E-state index in [9.17, 15) is 0 Å². The van der Waals surface area contributed by atoms with Crippen LogP contribution in [-0.2, 0) is 4.74 Å². The van der Waals surface area contributed by atoms with Crippen LogP contribution in [-0.4, -0.2) is 31.8 Å². The Morgan fingerprint density at radius 1 is 1.44 bits per heavy atom. The van der Waals surface area contributed by atoms with Crippen molar-refractivity contribution in [3.05, 3.63) is 30.3 Å². The average molecular weight is 219 g/mol. The van der Waals surface area contributed by atoms with Crippen molar-refractivity contribution in [3.63, 3.8) is 0 Å². The molecule has 86 valence electrons. The van der Waals surface area contributed by atoms with Crippen LogP contribution < -0.4 is 10.6 Å². The fourth-order valence-corrected chi connectivity index (χ4v) is 2.11. The van der Waals surface area contributed by atoms with Crippen LogP contribution in [0.4, 0.5) is 5.69 Å². The third-order valence-electron chi connectivity index (χ3n) is 2.82. The highest BCUT2D eigenvalue weighted by atomic mass is 16.5. The van der Waals surface area contributed by atoms with Crippen LogP contribution in [0.2, 0.25) is 0 Å². The molecule has 4 nitrogen and oxygen atoms in total. The molecule has 0 aliphatic carbocycles. The molecule has 0 saturated carbocycles. The highest BCUT2D eigenvalue weighted by Crippen LogP contribution is 2.28. The fraction of sp³-hybridized carbons (Fsp3) is 0.417. The quantitative estimate of drug-likeness (QED) is 0.831. The molecule has 0 amide bonds. The van der Waals surface area contributed by atoms with E-state index in [1.807, 2.05) is 35.2 Å². The summed E-state index contributed by atoms with van der Waals surface area (Å²) in [6, 6.07) is 10.0. The van der Waals surface area contributed by atoms with E-state index >= 15 is 0 Å². The number of nitrogens with two attached hydrogens (primary N) is 1. The van der Waals surface area contributed by atoms with E-state index in [2.05, 4.69) is 11.9 Å². The van der Waals surface area contributed by atoms with Crippen LogP contribution in [0.3, 0.4) is 0 Å². The third-order valence-corrected chi connectivity index (χ3v) is 2.82. The molecule has 1 aliphatic heterocycles. The number of para-hydroxylation sites is 1. The summed E-state index contributed by atoms with van der Waals surface area (Å²) in [6.07, 6.45) is 0. The monoisotopic (exact) mass is 219 g/mol. The van der Waals surface area contributed by atoms with E-state index < -0.39 is 0 Å². The Balaban J connectivity index is 2.33. The van der Waals surface area contributed by atoms with Gasteiger partial charge in [0.25, 0.3) is 0 Å². The summed E-state index contributed by atoms with van der Waals surface area (Å²) in [6.45, 7) is 3.38. The molecule has 2 rings (SSSR count). The molecule has 0 bridgehead atoms. The minimum atomic E-state index is -0.180. The average Bonchev–Trinajstić information content (AvgIpc) is 2.56. The molecule has 1 unspecified atom stereocenters. The van der Waals surface area contributed by atoms with Crippen molar-refractivity contribution in [1.82, 2.24) is 0 Å². The summed E-state index contributed by atoms with van der Waals surface area (Å²) in [4.78, 5) is 6.34. The van der Waals surface area contributed by atoms with Gasteiger partial charge in [0.2, 0.25) is 0 Å². The van der Waals surface area contributed by atoms with Crippen molar-refractivity contribution in [2.75, 3.05) is 25.2 Å². The van der Waals surface area contributed by atoms with Crippen molar-refractivity contribution in [3.8, 4) is 0 Å². The molecule has 4 heteroatoms. The van der Waals surface area contributed by atoms with Gasteiger partial charge in [-0.2, -0.15) is 0 Å². The van der Waals surface area contributed by atoms with E-state index in [1.165, 1.54) is 0 Å². The van der Waals surface area contributed by atoms with Gasteiger partial charge in [0.15, 0.2) is 5.96 Å². The van der Waals surface area contributed by atoms with Gasteiger partial charge in [-0.15, -0.1) is 0 Å². The van der Waals surface area contributed by atoms with E-state index in [0.29, 0.717) is 19.1 Å². The maximum Gasteiger partial charge on any atom is 0.196 e. The standard InChI is InChI=1S/C12H17N3O/c1-12(9-16-2)8-14-11(13)15(12)10-6-4-3-5-7-10/h3-7H,8-9H2,1-2H3,(H2,13,14). The van der Waals surface area contributed by atoms with Crippen molar-refractivity contribution >= 4 is 11.6 Å².